The summed E-state index contributed by atoms with van der Waals surface area (Å²) in [5.74, 6) is 0. The van der Waals surface area contributed by atoms with Crippen LogP contribution in [-0.2, 0) is 0 Å². The van der Waals surface area contributed by atoms with Gasteiger partial charge in [0.2, 0.25) is 0 Å². The highest BCUT2D eigenvalue weighted by Crippen LogP contribution is 2.28. The van der Waals surface area contributed by atoms with Crippen molar-refractivity contribution in [2.24, 2.45) is 5.41 Å². The van der Waals surface area contributed by atoms with Gasteiger partial charge in [0.15, 0.2) is 0 Å². The van der Waals surface area contributed by atoms with Crippen LogP contribution in [0.25, 0.3) is 0 Å². The predicted octanol–water partition coefficient (Wildman–Crippen LogP) is 5.16. The lowest BCUT2D eigenvalue weighted by molar-refractivity contribution is 0.332. The molecule has 1 nitrogen and oxygen atoms in total. The van der Waals surface area contributed by atoms with E-state index in [1.165, 1.54) is 28.4 Å². The first-order chi connectivity index (χ1) is 8.42. The fourth-order valence-corrected chi connectivity index (χ4v) is 2.57. The van der Waals surface area contributed by atoms with E-state index in [0.29, 0.717) is 11.5 Å². The van der Waals surface area contributed by atoms with Gasteiger partial charge in [0.05, 0.1) is 0 Å². The first kappa shape index (κ1) is 16.0. The summed E-state index contributed by atoms with van der Waals surface area (Å²) in [5, 5.41) is 3.68. The summed E-state index contributed by atoms with van der Waals surface area (Å²) < 4.78 is 1.32. The maximum absolute atomic E-state index is 3.68. The summed E-state index contributed by atoms with van der Waals surface area (Å²) in [5.41, 5.74) is 1.84. The molecule has 0 aliphatic heterocycles. The third kappa shape index (κ3) is 6.19. The molecule has 0 fully saturated rings. The van der Waals surface area contributed by atoms with Crippen LogP contribution in [0.5, 0.6) is 0 Å². The average molecular weight is 359 g/mol. The van der Waals surface area contributed by atoms with Gasteiger partial charge in [-0.05, 0) is 71.5 Å². The Labute approximate surface area is 126 Å². The van der Waals surface area contributed by atoms with Crippen LogP contribution in [-0.4, -0.2) is 6.54 Å². The Morgan fingerprint density at radius 2 is 2.00 bits per heavy atom. The Bertz CT molecular complexity index is 354. The van der Waals surface area contributed by atoms with Crippen molar-refractivity contribution in [3.63, 3.8) is 0 Å². The summed E-state index contributed by atoms with van der Waals surface area (Å²) in [4.78, 5) is 0. The van der Waals surface area contributed by atoms with Crippen LogP contribution in [0.4, 0.5) is 0 Å². The summed E-state index contributed by atoms with van der Waals surface area (Å²) in [6.07, 6.45) is 3.65. The van der Waals surface area contributed by atoms with E-state index in [1.807, 2.05) is 0 Å². The number of hydrogen-bond donors (Lipinski definition) is 1. The molecule has 1 unspecified atom stereocenters. The van der Waals surface area contributed by atoms with Crippen LogP contribution < -0.4 is 5.32 Å². The van der Waals surface area contributed by atoms with Gasteiger partial charge in [0.25, 0.3) is 0 Å². The Hall–Kier alpha value is -0.0900. The SMILES string of the molecule is CCCNC(CCC(C)(C)C)c1cccc(I)c1. The Morgan fingerprint density at radius 1 is 1.28 bits per heavy atom. The quantitative estimate of drug-likeness (QED) is 0.692. The van der Waals surface area contributed by atoms with E-state index in [2.05, 4.69) is 79.9 Å². The molecule has 0 spiro atoms. The fourth-order valence-electron chi connectivity index (χ4n) is 2.01. The van der Waals surface area contributed by atoms with Gasteiger partial charge in [0, 0.05) is 9.61 Å². The van der Waals surface area contributed by atoms with Crippen molar-refractivity contribution in [2.75, 3.05) is 6.54 Å². The number of nitrogens with one attached hydrogen (secondary N) is 1. The van der Waals surface area contributed by atoms with Gasteiger partial charge in [-0.3, -0.25) is 0 Å². The zero-order chi connectivity index (χ0) is 13.6. The van der Waals surface area contributed by atoms with Crippen LogP contribution in [0.1, 0.15) is 58.6 Å². The standard InChI is InChI=1S/C16H26IN/c1-5-11-18-15(9-10-16(2,3)4)13-7-6-8-14(17)12-13/h6-8,12,15,18H,5,9-11H2,1-4H3. The highest BCUT2D eigenvalue weighted by Gasteiger charge is 2.16. The van der Waals surface area contributed by atoms with Crippen molar-refractivity contribution in [3.05, 3.63) is 33.4 Å². The lowest BCUT2D eigenvalue weighted by Crippen LogP contribution is -2.23. The second-order valence-corrected chi connectivity index (χ2v) is 7.41. The zero-order valence-electron chi connectivity index (χ0n) is 12.1. The van der Waals surface area contributed by atoms with E-state index in [1.54, 1.807) is 0 Å². The Balaban J connectivity index is 2.71. The van der Waals surface area contributed by atoms with Crippen molar-refractivity contribution in [3.8, 4) is 0 Å². The van der Waals surface area contributed by atoms with Crippen LogP contribution >= 0.6 is 22.6 Å². The third-order valence-electron chi connectivity index (χ3n) is 3.07. The molecule has 0 amide bonds. The molecule has 0 aromatic heterocycles. The maximum atomic E-state index is 3.68. The minimum atomic E-state index is 0.411. The van der Waals surface area contributed by atoms with Crippen molar-refractivity contribution in [2.45, 2.75) is 53.0 Å². The molecule has 18 heavy (non-hydrogen) atoms. The molecule has 0 aliphatic carbocycles. The molecule has 1 atom stereocenters. The molecular weight excluding hydrogens is 333 g/mol. The number of rotatable bonds is 6. The summed E-state index contributed by atoms with van der Waals surface area (Å²) in [7, 11) is 0. The predicted molar refractivity (Wildman–Crippen MR) is 88.9 cm³/mol. The highest BCUT2D eigenvalue weighted by atomic mass is 127. The minimum absolute atomic E-state index is 0.411. The molecule has 0 radical (unpaired) electrons. The lowest BCUT2D eigenvalue weighted by atomic mass is 9.87. The number of benzene rings is 1. The van der Waals surface area contributed by atoms with Crippen molar-refractivity contribution in [1.82, 2.24) is 5.32 Å². The van der Waals surface area contributed by atoms with Gasteiger partial charge in [-0.2, -0.15) is 0 Å². The molecule has 0 heterocycles. The lowest BCUT2D eigenvalue weighted by Gasteiger charge is -2.24. The van der Waals surface area contributed by atoms with Crippen LogP contribution in [0, 0.1) is 8.99 Å². The second kappa shape index (κ2) is 7.49. The summed E-state index contributed by atoms with van der Waals surface area (Å²) >= 11 is 2.39. The van der Waals surface area contributed by atoms with Crippen LogP contribution in [0.3, 0.4) is 0 Å². The smallest absolute Gasteiger partial charge is 0.0320 e. The average Bonchev–Trinajstić information content (AvgIpc) is 2.28. The number of halogens is 1. The largest absolute Gasteiger partial charge is 0.310 e. The molecule has 1 rings (SSSR count). The zero-order valence-corrected chi connectivity index (χ0v) is 14.3. The van der Waals surface area contributed by atoms with Crippen LogP contribution in [0.2, 0.25) is 0 Å². The Morgan fingerprint density at radius 3 is 2.56 bits per heavy atom. The van der Waals surface area contributed by atoms with E-state index >= 15 is 0 Å². The molecule has 1 aromatic carbocycles. The molecule has 0 aliphatic rings. The van der Waals surface area contributed by atoms with E-state index < -0.39 is 0 Å². The van der Waals surface area contributed by atoms with Gasteiger partial charge in [-0.1, -0.05) is 39.8 Å². The van der Waals surface area contributed by atoms with E-state index in [9.17, 15) is 0 Å². The molecule has 0 bridgehead atoms. The van der Waals surface area contributed by atoms with E-state index in [-0.39, 0.29) is 0 Å². The number of hydrogen-bond acceptors (Lipinski definition) is 1. The van der Waals surface area contributed by atoms with Gasteiger partial charge < -0.3 is 5.32 Å². The van der Waals surface area contributed by atoms with Gasteiger partial charge in [0.1, 0.15) is 0 Å². The van der Waals surface area contributed by atoms with E-state index in [4.69, 9.17) is 0 Å². The molecule has 1 N–H and O–H groups in total. The highest BCUT2D eigenvalue weighted by molar-refractivity contribution is 14.1. The second-order valence-electron chi connectivity index (χ2n) is 6.16. The fraction of sp³-hybridized carbons (Fsp3) is 0.625. The summed E-state index contributed by atoms with van der Waals surface area (Å²) in [6, 6.07) is 9.37. The monoisotopic (exact) mass is 359 g/mol. The first-order valence-electron chi connectivity index (χ1n) is 6.91. The van der Waals surface area contributed by atoms with Crippen molar-refractivity contribution < 1.29 is 0 Å². The molecular formula is C16H26IN. The molecule has 2 heteroatoms. The minimum Gasteiger partial charge on any atom is -0.310 e. The van der Waals surface area contributed by atoms with Gasteiger partial charge >= 0.3 is 0 Å². The first-order valence-corrected chi connectivity index (χ1v) is 7.99. The van der Waals surface area contributed by atoms with Crippen LogP contribution in [0.15, 0.2) is 24.3 Å². The third-order valence-corrected chi connectivity index (χ3v) is 3.75. The normalized spacial score (nSPS) is 13.6. The van der Waals surface area contributed by atoms with Crippen molar-refractivity contribution in [1.29, 1.82) is 0 Å². The molecule has 0 saturated heterocycles. The molecule has 0 saturated carbocycles. The van der Waals surface area contributed by atoms with Gasteiger partial charge in [-0.25, -0.2) is 0 Å². The summed E-state index contributed by atoms with van der Waals surface area (Å²) in [6.45, 7) is 10.3. The topological polar surface area (TPSA) is 12.0 Å². The maximum Gasteiger partial charge on any atom is 0.0320 e. The van der Waals surface area contributed by atoms with Crippen molar-refractivity contribution >= 4 is 22.6 Å². The van der Waals surface area contributed by atoms with E-state index in [0.717, 1.165) is 6.54 Å². The molecule has 102 valence electrons. The molecule has 1 aromatic rings. The Kier molecular flexibility index (Phi) is 6.64. The van der Waals surface area contributed by atoms with Gasteiger partial charge in [-0.15, -0.1) is 0 Å².